The Bertz CT molecular complexity index is 1350. The average Bonchev–Trinajstić information content (AvgIpc) is 3.33. The highest BCUT2D eigenvalue weighted by Gasteiger charge is 2.53. The first kappa shape index (κ1) is 20.2. The van der Waals surface area contributed by atoms with Gasteiger partial charge in [-0.25, -0.2) is 9.37 Å². The van der Waals surface area contributed by atoms with Gasteiger partial charge in [0.25, 0.3) is 5.91 Å². The van der Waals surface area contributed by atoms with Crippen LogP contribution < -0.4 is 4.90 Å². The summed E-state index contributed by atoms with van der Waals surface area (Å²) in [6, 6.07) is 18.9. The number of aryl methyl sites for hydroxylation is 1. The van der Waals surface area contributed by atoms with Gasteiger partial charge in [-0.1, -0.05) is 71.5 Å². The number of para-hydroxylation sites is 1. The number of halogens is 1. The summed E-state index contributed by atoms with van der Waals surface area (Å²) in [5.41, 5.74) is 2.02. The third kappa shape index (κ3) is 3.22. The van der Waals surface area contributed by atoms with Gasteiger partial charge < -0.3 is 0 Å². The molecule has 0 spiro atoms. The second-order valence-electron chi connectivity index (χ2n) is 7.68. The Labute approximate surface area is 187 Å². The van der Waals surface area contributed by atoms with E-state index in [2.05, 4.69) is 4.98 Å². The summed E-state index contributed by atoms with van der Waals surface area (Å²) >= 11 is 1.22. The van der Waals surface area contributed by atoms with E-state index in [1.807, 2.05) is 25.1 Å². The fourth-order valence-corrected chi connectivity index (χ4v) is 5.03. The summed E-state index contributed by atoms with van der Waals surface area (Å²) in [5.74, 6) is -4.19. The van der Waals surface area contributed by atoms with E-state index in [1.54, 1.807) is 36.4 Å². The highest BCUT2D eigenvalue weighted by atomic mass is 32.1. The molecule has 1 saturated heterocycles. The first-order chi connectivity index (χ1) is 15.5. The van der Waals surface area contributed by atoms with E-state index < -0.39 is 35.3 Å². The first-order valence-electron chi connectivity index (χ1n) is 10.0. The predicted molar refractivity (Wildman–Crippen MR) is 120 cm³/mol. The summed E-state index contributed by atoms with van der Waals surface area (Å²) in [6.07, 6.45) is 0. The minimum absolute atomic E-state index is 0.108. The van der Waals surface area contributed by atoms with E-state index in [1.165, 1.54) is 34.4 Å². The summed E-state index contributed by atoms with van der Waals surface area (Å²) < 4.78 is 15.7. The molecule has 1 aliphatic heterocycles. The van der Waals surface area contributed by atoms with Crippen LogP contribution in [-0.2, 0) is 9.59 Å². The number of aromatic nitrogens is 1. The van der Waals surface area contributed by atoms with Crippen LogP contribution in [0.5, 0.6) is 0 Å². The summed E-state index contributed by atoms with van der Waals surface area (Å²) in [7, 11) is 0. The van der Waals surface area contributed by atoms with Crippen LogP contribution in [0.15, 0.2) is 72.8 Å². The number of carbonyl (C=O) groups is 3. The molecule has 1 aromatic heterocycles. The van der Waals surface area contributed by atoms with Gasteiger partial charge in [0.15, 0.2) is 10.9 Å². The van der Waals surface area contributed by atoms with Crippen LogP contribution >= 0.6 is 11.3 Å². The normalized spacial score (nSPS) is 18.5. The lowest BCUT2D eigenvalue weighted by Gasteiger charge is -2.25. The zero-order valence-corrected chi connectivity index (χ0v) is 17.8. The number of hydrogen-bond donors (Lipinski definition) is 0. The molecule has 32 heavy (non-hydrogen) atoms. The third-order valence-electron chi connectivity index (χ3n) is 5.64. The topological polar surface area (TPSA) is 67.3 Å². The molecule has 7 heteroatoms. The van der Waals surface area contributed by atoms with Crippen molar-refractivity contribution in [2.75, 3.05) is 4.90 Å². The zero-order chi connectivity index (χ0) is 22.4. The molecular weight excluding hydrogens is 427 g/mol. The van der Waals surface area contributed by atoms with E-state index in [-0.39, 0.29) is 10.7 Å². The highest BCUT2D eigenvalue weighted by molar-refractivity contribution is 7.22. The fraction of sp³-hybridized carbons (Fsp3) is 0.120. The molecule has 1 aliphatic rings. The number of hydrogen-bond acceptors (Lipinski definition) is 5. The van der Waals surface area contributed by atoms with E-state index in [4.69, 9.17) is 0 Å². The molecule has 1 amide bonds. The van der Waals surface area contributed by atoms with Crippen molar-refractivity contribution in [3.05, 3.63) is 95.3 Å². The Kier molecular flexibility index (Phi) is 4.90. The second kappa shape index (κ2) is 7.76. The number of nitrogens with zero attached hydrogens (tertiary/aromatic N) is 2. The van der Waals surface area contributed by atoms with Crippen molar-refractivity contribution in [2.45, 2.75) is 13.0 Å². The van der Waals surface area contributed by atoms with E-state index in [0.717, 1.165) is 10.3 Å². The molecule has 1 fully saturated rings. The second-order valence-corrected chi connectivity index (χ2v) is 8.69. The maximum Gasteiger partial charge on any atom is 0.297 e. The molecule has 0 aliphatic carbocycles. The van der Waals surface area contributed by atoms with Crippen LogP contribution in [-0.4, -0.2) is 22.5 Å². The Morgan fingerprint density at radius 3 is 2.38 bits per heavy atom. The molecule has 5 nitrogen and oxygen atoms in total. The quantitative estimate of drug-likeness (QED) is 0.255. The molecule has 0 bridgehead atoms. The van der Waals surface area contributed by atoms with Crippen molar-refractivity contribution in [3.63, 3.8) is 0 Å². The van der Waals surface area contributed by atoms with Gasteiger partial charge in [-0.15, -0.1) is 0 Å². The maximum atomic E-state index is 14.9. The van der Waals surface area contributed by atoms with E-state index >= 15 is 0 Å². The smallest absolute Gasteiger partial charge is 0.293 e. The number of thiazole rings is 1. The lowest BCUT2D eigenvalue weighted by Crippen LogP contribution is -2.31. The van der Waals surface area contributed by atoms with Gasteiger partial charge in [-0.3, -0.25) is 19.3 Å². The largest absolute Gasteiger partial charge is 0.297 e. The molecule has 5 rings (SSSR count). The number of benzene rings is 3. The molecular formula is C25H17FN2O3S. The van der Waals surface area contributed by atoms with Crippen molar-refractivity contribution in [1.29, 1.82) is 0 Å². The lowest BCUT2D eigenvalue weighted by atomic mass is 9.86. The molecule has 4 aromatic rings. The van der Waals surface area contributed by atoms with Crippen LogP contribution in [0, 0.1) is 18.7 Å². The van der Waals surface area contributed by atoms with Crippen molar-refractivity contribution < 1.29 is 18.8 Å². The zero-order valence-electron chi connectivity index (χ0n) is 17.0. The molecule has 0 saturated carbocycles. The lowest BCUT2D eigenvalue weighted by molar-refractivity contribution is -0.135. The molecule has 2 heterocycles. The van der Waals surface area contributed by atoms with Crippen LogP contribution in [0.4, 0.5) is 9.52 Å². The average molecular weight is 444 g/mol. The number of anilines is 1. The fourth-order valence-electron chi connectivity index (χ4n) is 4.03. The molecule has 158 valence electrons. The van der Waals surface area contributed by atoms with Gasteiger partial charge in [0.05, 0.1) is 16.3 Å². The van der Waals surface area contributed by atoms with Crippen molar-refractivity contribution in [2.24, 2.45) is 5.92 Å². The Morgan fingerprint density at radius 1 is 0.969 bits per heavy atom. The Morgan fingerprint density at radius 2 is 1.66 bits per heavy atom. The van der Waals surface area contributed by atoms with Crippen LogP contribution in [0.25, 0.3) is 10.2 Å². The Balaban J connectivity index is 1.68. The van der Waals surface area contributed by atoms with Crippen LogP contribution in [0.3, 0.4) is 0 Å². The Hall–Kier alpha value is -3.71. The summed E-state index contributed by atoms with van der Waals surface area (Å²) in [5, 5.41) is 0.261. The first-order valence-corrected chi connectivity index (χ1v) is 10.9. The van der Waals surface area contributed by atoms with Crippen molar-refractivity contribution in [3.8, 4) is 0 Å². The molecule has 0 radical (unpaired) electrons. The minimum Gasteiger partial charge on any atom is -0.293 e. The molecule has 2 unspecified atom stereocenters. The van der Waals surface area contributed by atoms with E-state index in [0.29, 0.717) is 11.1 Å². The monoisotopic (exact) mass is 444 g/mol. The van der Waals surface area contributed by atoms with Crippen molar-refractivity contribution in [1.82, 2.24) is 4.98 Å². The number of fused-ring (bicyclic) bond motifs is 1. The van der Waals surface area contributed by atoms with Gasteiger partial charge >= 0.3 is 0 Å². The molecule has 2 atom stereocenters. The van der Waals surface area contributed by atoms with Crippen LogP contribution in [0.1, 0.15) is 27.5 Å². The van der Waals surface area contributed by atoms with Gasteiger partial charge in [0, 0.05) is 11.1 Å². The van der Waals surface area contributed by atoms with Gasteiger partial charge in [-0.2, -0.15) is 0 Å². The van der Waals surface area contributed by atoms with Gasteiger partial charge in [0.1, 0.15) is 11.7 Å². The molecule has 0 N–H and O–H groups in total. The summed E-state index contributed by atoms with van der Waals surface area (Å²) in [6.45, 7) is 1.88. The predicted octanol–water partition coefficient (Wildman–Crippen LogP) is 4.90. The van der Waals surface area contributed by atoms with Crippen molar-refractivity contribution >= 4 is 44.2 Å². The number of ketones is 2. The van der Waals surface area contributed by atoms with Crippen LogP contribution in [0.2, 0.25) is 0 Å². The molecule has 3 aromatic carbocycles. The van der Waals surface area contributed by atoms with Gasteiger partial charge in [0.2, 0.25) is 5.78 Å². The third-order valence-corrected chi connectivity index (χ3v) is 6.67. The number of carbonyl (C=O) groups excluding carboxylic acids is 3. The summed E-state index contributed by atoms with van der Waals surface area (Å²) in [4.78, 5) is 45.4. The van der Waals surface area contributed by atoms with E-state index in [9.17, 15) is 18.8 Å². The maximum absolute atomic E-state index is 14.9. The number of rotatable bonds is 4. The number of Topliss-reactive ketones (excluding diaryl/α,β-unsaturated/α-hetero) is 2. The standard InChI is InChI=1S/C25H17FN2O3S/c1-14-10-12-15(13-11-14)22(29)20-21(16-6-2-3-7-17(16)26)28(24(31)23(20)30)25-27-18-8-4-5-9-19(18)32-25/h2-13,20-21H,1H3. The van der Waals surface area contributed by atoms with Gasteiger partial charge in [-0.05, 0) is 25.1 Å². The SMILES string of the molecule is Cc1ccc(C(=O)C2C(=O)C(=O)N(c3nc4ccccc4s3)C2c2ccccc2F)cc1. The minimum atomic E-state index is -1.37. The highest BCUT2D eigenvalue weighted by Crippen LogP contribution is 2.44. The number of amides is 1.